The second kappa shape index (κ2) is 8.96. The Morgan fingerprint density at radius 3 is 2.60 bits per heavy atom. The van der Waals surface area contributed by atoms with Crippen molar-refractivity contribution in [1.82, 2.24) is 10.0 Å². The van der Waals surface area contributed by atoms with E-state index in [-0.39, 0.29) is 17.8 Å². The number of likely N-dealkylation sites (N-methyl/N-ethyl adjacent to an activating group) is 1. The lowest BCUT2D eigenvalue weighted by atomic mass is 9.83. The highest BCUT2D eigenvalue weighted by Crippen LogP contribution is 2.39. The number of nitrogens with one attached hydrogen (secondary N) is 2. The second-order valence-corrected chi connectivity index (χ2v) is 10.1. The minimum Gasteiger partial charge on any atom is -0.492 e. The maximum Gasteiger partial charge on any atom is 0.211 e. The van der Waals surface area contributed by atoms with Gasteiger partial charge in [0, 0.05) is 36.3 Å². The van der Waals surface area contributed by atoms with Crippen LogP contribution in [0.4, 0.5) is 5.69 Å². The molecule has 2 aromatic carbocycles. The molecule has 0 bridgehead atoms. The number of rotatable bonds is 8. The van der Waals surface area contributed by atoms with Crippen LogP contribution in [-0.2, 0) is 16.4 Å². The molecule has 0 spiro atoms. The molecule has 1 fully saturated rings. The van der Waals surface area contributed by atoms with Crippen LogP contribution in [0.3, 0.4) is 0 Å². The van der Waals surface area contributed by atoms with E-state index >= 15 is 0 Å². The summed E-state index contributed by atoms with van der Waals surface area (Å²) in [7, 11) is -1.18. The van der Waals surface area contributed by atoms with Crippen molar-refractivity contribution in [3.63, 3.8) is 0 Å². The fourth-order valence-electron chi connectivity index (χ4n) is 4.42. The molecule has 0 aromatic heterocycles. The summed E-state index contributed by atoms with van der Waals surface area (Å²) in [5, 5.41) is 3.42. The standard InChI is InChI=1S/C23H31N3O3S/c1-3-11-30(27,28)25-18-14-26(15-18)19-9-10-23-21(13-19)20(22(24-2)16-29-23)12-17-7-5-4-6-8-17/h4-10,13,18,20,22,24-25H,3,11-12,14-16H2,1-2H3/t20-,22+/m1/s1. The van der Waals surface area contributed by atoms with Gasteiger partial charge in [-0.2, -0.15) is 0 Å². The Labute approximate surface area is 179 Å². The van der Waals surface area contributed by atoms with Crippen molar-refractivity contribution >= 4 is 15.7 Å². The molecule has 7 heteroatoms. The third kappa shape index (κ3) is 4.63. The molecule has 162 valence electrons. The Hall–Kier alpha value is -2.09. The Kier molecular flexibility index (Phi) is 6.32. The molecule has 0 amide bonds. The van der Waals surface area contributed by atoms with Crippen LogP contribution in [0.5, 0.6) is 5.75 Å². The van der Waals surface area contributed by atoms with Crippen LogP contribution < -0.4 is 19.7 Å². The van der Waals surface area contributed by atoms with E-state index in [1.165, 1.54) is 11.1 Å². The molecule has 2 aliphatic heterocycles. The highest BCUT2D eigenvalue weighted by atomic mass is 32.2. The highest BCUT2D eigenvalue weighted by molar-refractivity contribution is 7.89. The molecular weight excluding hydrogens is 398 g/mol. The molecule has 2 heterocycles. The zero-order valence-electron chi connectivity index (χ0n) is 17.7. The molecule has 2 atom stereocenters. The van der Waals surface area contributed by atoms with E-state index in [2.05, 4.69) is 57.4 Å². The normalized spacial score (nSPS) is 21.6. The fourth-order valence-corrected chi connectivity index (χ4v) is 5.73. The number of sulfonamides is 1. The minimum absolute atomic E-state index is 0.0148. The van der Waals surface area contributed by atoms with E-state index < -0.39 is 10.0 Å². The Morgan fingerprint density at radius 1 is 1.13 bits per heavy atom. The molecular formula is C23H31N3O3S. The average molecular weight is 430 g/mol. The quantitative estimate of drug-likeness (QED) is 0.675. The van der Waals surface area contributed by atoms with Crippen LogP contribution in [0.2, 0.25) is 0 Å². The van der Waals surface area contributed by atoms with Gasteiger partial charge in [-0.25, -0.2) is 13.1 Å². The van der Waals surface area contributed by atoms with Crippen molar-refractivity contribution in [3.8, 4) is 5.75 Å². The maximum atomic E-state index is 12.0. The fraction of sp³-hybridized carbons (Fsp3) is 0.478. The molecule has 2 N–H and O–H groups in total. The number of anilines is 1. The first-order valence-corrected chi connectivity index (χ1v) is 12.4. The molecule has 0 saturated carbocycles. The van der Waals surface area contributed by atoms with Crippen LogP contribution in [-0.4, -0.2) is 53.0 Å². The molecule has 0 aliphatic carbocycles. The average Bonchev–Trinajstić information content (AvgIpc) is 2.71. The van der Waals surface area contributed by atoms with Gasteiger partial charge >= 0.3 is 0 Å². The first kappa shape index (κ1) is 21.2. The molecule has 30 heavy (non-hydrogen) atoms. The van der Waals surface area contributed by atoms with E-state index in [9.17, 15) is 8.42 Å². The van der Waals surface area contributed by atoms with E-state index in [0.717, 1.165) is 17.9 Å². The van der Waals surface area contributed by atoms with Crippen molar-refractivity contribution in [2.45, 2.75) is 37.8 Å². The van der Waals surface area contributed by atoms with Gasteiger partial charge < -0.3 is 15.0 Å². The van der Waals surface area contributed by atoms with Crippen molar-refractivity contribution in [3.05, 3.63) is 59.7 Å². The van der Waals surface area contributed by atoms with Gasteiger partial charge in [0.15, 0.2) is 0 Å². The van der Waals surface area contributed by atoms with Gasteiger partial charge in [0.1, 0.15) is 12.4 Å². The number of hydrogen-bond donors (Lipinski definition) is 2. The van der Waals surface area contributed by atoms with Crippen molar-refractivity contribution in [1.29, 1.82) is 0 Å². The van der Waals surface area contributed by atoms with E-state index in [0.29, 0.717) is 32.0 Å². The summed E-state index contributed by atoms with van der Waals surface area (Å²) in [6.07, 6.45) is 1.58. The van der Waals surface area contributed by atoms with Crippen LogP contribution >= 0.6 is 0 Å². The lowest BCUT2D eigenvalue weighted by Crippen LogP contribution is -2.59. The maximum absolute atomic E-state index is 12.0. The van der Waals surface area contributed by atoms with Crippen molar-refractivity contribution in [2.24, 2.45) is 0 Å². The first-order chi connectivity index (χ1) is 14.5. The molecule has 1 saturated heterocycles. The summed E-state index contributed by atoms with van der Waals surface area (Å²) < 4.78 is 32.8. The first-order valence-electron chi connectivity index (χ1n) is 10.7. The Morgan fingerprint density at radius 2 is 1.90 bits per heavy atom. The summed E-state index contributed by atoms with van der Waals surface area (Å²) >= 11 is 0. The third-order valence-electron chi connectivity index (χ3n) is 6.03. The SMILES string of the molecule is CCCS(=O)(=O)NC1CN(c2ccc3c(c2)[C@@H](Cc2ccccc2)[C@@H](NC)CO3)C1. The number of nitrogens with zero attached hydrogens (tertiary/aromatic N) is 1. The molecule has 6 nitrogen and oxygen atoms in total. The summed E-state index contributed by atoms with van der Waals surface area (Å²) in [5.41, 5.74) is 3.66. The van der Waals surface area contributed by atoms with Gasteiger partial charge in [0.25, 0.3) is 0 Å². The smallest absolute Gasteiger partial charge is 0.211 e. The van der Waals surface area contributed by atoms with Crippen LogP contribution in [0, 0.1) is 0 Å². The Bertz CT molecular complexity index is 959. The lowest BCUT2D eigenvalue weighted by Gasteiger charge is -2.42. The van der Waals surface area contributed by atoms with Crippen LogP contribution in [0.25, 0.3) is 0 Å². The second-order valence-electron chi connectivity index (χ2n) is 8.26. The largest absolute Gasteiger partial charge is 0.492 e. The van der Waals surface area contributed by atoms with Gasteiger partial charge in [0.05, 0.1) is 11.8 Å². The predicted molar refractivity (Wildman–Crippen MR) is 121 cm³/mol. The highest BCUT2D eigenvalue weighted by Gasteiger charge is 2.33. The third-order valence-corrected chi connectivity index (χ3v) is 7.67. The van der Waals surface area contributed by atoms with E-state index in [1.807, 2.05) is 20.0 Å². The van der Waals surface area contributed by atoms with Gasteiger partial charge in [-0.15, -0.1) is 0 Å². The lowest BCUT2D eigenvalue weighted by molar-refractivity contribution is 0.219. The molecule has 4 rings (SSSR count). The Balaban J connectivity index is 1.50. The van der Waals surface area contributed by atoms with Crippen molar-refractivity contribution in [2.75, 3.05) is 37.4 Å². The molecule has 2 aliphatic rings. The summed E-state index contributed by atoms with van der Waals surface area (Å²) in [5.74, 6) is 1.46. The number of benzene rings is 2. The molecule has 2 aromatic rings. The van der Waals surface area contributed by atoms with Gasteiger partial charge in [-0.3, -0.25) is 0 Å². The van der Waals surface area contributed by atoms with E-state index in [4.69, 9.17) is 4.74 Å². The summed E-state index contributed by atoms with van der Waals surface area (Å²) in [6.45, 7) is 3.93. The zero-order valence-corrected chi connectivity index (χ0v) is 18.5. The number of hydrogen-bond acceptors (Lipinski definition) is 5. The predicted octanol–water partition coefficient (Wildman–Crippen LogP) is 2.51. The van der Waals surface area contributed by atoms with Gasteiger partial charge in [-0.05, 0) is 43.7 Å². The topological polar surface area (TPSA) is 70.7 Å². The van der Waals surface area contributed by atoms with Gasteiger partial charge in [-0.1, -0.05) is 37.3 Å². The minimum atomic E-state index is -3.17. The van der Waals surface area contributed by atoms with Crippen LogP contribution in [0.1, 0.15) is 30.4 Å². The monoisotopic (exact) mass is 429 g/mol. The molecule has 0 radical (unpaired) electrons. The van der Waals surface area contributed by atoms with Crippen molar-refractivity contribution < 1.29 is 13.2 Å². The molecule has 0 unspecified atom stereocenters. The zero-order chi connectivity index (χ0) is 21.1. The number of ether oxygens (including phenoxy) is 1. The summed E-state index contributed by atoms with van der Waals surface area (Å²) in [4.78, 5) is 2.22. The summed E-state index contributed by atoms with van der Waals surface area (Å²) in [6, 6.07) is 17.2. The van der Waals surface area contributed by atoms with Crippen LogP contribution in [0.15, 0.2) is 48.5 Å². The number of fused-ring (bicyclic) bond motifs is 1. The van der Waals surface area contributed by atoms with Gasteiger partial charge in [0.2, 0.25) is 10.0 Å². The van der Waals surface area contributed by atoms with E-state index in [1.54, 1.807) is 0 Å².